The van der Waals surface area contributed by atoms with Crippen LogP contribution in [0.25, 0.3) is 0 Å². The third-order valence-electron chi connectivity index (χ3n) is 2.62. The molecule has 1 saturated heterocycles. The van der Waals surface area contributed by atoms with Crippen molar-refractivity contribution in [2.24, 2.45) is 5.92 Å². The van der Waals surface area contributed by atoms with E-state index in [1.165, 1.54) is 0 Å². The molecule has 0 aromatic carbocycles. The van der Waals surface area contributed by atoms with Crippen molar-refractivity contribution in [1.29, 1.82) is 0 Å². The fourth-order valence-corrected chi connectivity index (χ4v) is 1.73. The minimum atomic E-state index is 0.609. The van der Waals surface area contributed by atoms with Gasteiger partial charge < -0.3 is 15.4 Å². The van der Waals surface area contributed by atoms with Crippen molar-refractivity contribution in [3.05, 3.63) is 12.4 Å². The quantitative estimate of drug-likeness (QED) is 0.787. The van der Waals surface area contributed by atoms with Crippen molar-refractivity contribution in [2.45, 2.75) is 13.3 Å². The molecular formula is C11H18N4O. The number of ether oxygens (including phenoxy) is 1. The van der Waals surface area contributed by atoms with Crippen molar-refractivity contribution in [2.75, 3.05) is 36.9 Å². The molecule has 0 saturated carbocycles. The second kappa shape index (κ2) is 5.65. The van der Waals surface area contributed by atoms with Crippen molar-refractivity contribution in [1.82, 2.24) is 9.97 Å². The second-order valence-electron chi connectivity index (χ2n) is 3.93. The van der Waals surface area contributed by atoms with Crippen molar-refractivity contribution in [3.63, 3.8) is 0 Å². The first-order valence-electron chi connectivity index (χ1n) is 5.76. The molecule has 1 aromatic heterocycles. The van der Waals surface area contributed by atoms with Gasteiger partial charge in [-0.15, -0.1) is 0 Å². The Morgan fingerprint density at radius 2 is 2.19 bits per heavy atom. The molecule has 1 fully saturated rings. The SMILES string of the molecule is CCNc1cc(NCC2CCOC2)ncn1. The maximum Gasteiger partial charge on any atom is 0.131 e. The standard InChI is InChI=1S/C11H18N4O/c1-2-12-10-5-11(15-8-14-10)13-6-9-3-4-16-7-9/h5,8-9H,2-4,6-7H2,1H3,(H2,12,13,14,15). The number of nitrogens with zero attached hydrogens (tertiary/aromatic N) is 2. The Morgan fingerprint density at radius 3 is 2.88 bits per heavy atom. The molecule has 1 aliphatic rings. The number of hydrogen-bond donors (Lipinski definition) is 2. The van der Waals surface area contributed by atoms with E-state index in [1.54, 1.807) is 6.33 Å². The zero-order valence-corrected chi connectivity index (χ0v) is 9.57. The lowest BCUT2D eigenvalue weighted by Crippen LogP contribution is -2.15. The molecule has 1 atom stereocenters. The molecule has 0 amide bonds. The van der Waals surface area contributed by atoms with Crippen LogP contribution in [0.2, 0.25) is 0 Å². The number of rotatable bonds is 5. The van der Waals surface area contributed by atoms with Crippen molar-refractivity contribution in [3.8, 4) is 0 Å². The molecule has 2 heterocycles. The van der Waals surface area contributed by atoms with Crippen LogP contribution in [0.15, 0.2) is 12.4 Å². The Bertz CT molecular complexity index is 326. The van der Waals surface area contributed by atoms with Crippen LogP contribution in [0.5, 0.6) is 0 Å². The van der Waals surface area contributed by atoms with Gasteiger partial charge >= 0.3 is 0 Å². The summed E-state index contributed by atoms with van der Waals surface area (Å²) in [6.07, 6.45) is 2.71. The molecule has 88 valence electrons. The third kappa shape index (κ3) is 3.06. The predicted molar refractivity (Wildman–Crippen MR) is 63.6 cm³/mol. The molecule has 1 aromatic rings. The molecule has 0 aliphatic carbocycles. The van der Waals surface area contributed by atoms with E-state index in [1.807, 2.05) is 13.0 Å². The van der Waals surface area contributed by atoms with E-state index in [0.717, 1.165) is 44.4 Å². The summed E-state index contributed by atoms with van der Waals surface area (Å²) in [5.74, 6) is 2.35. The highest BCUT2D eigenvalue weighted by molar-refractivity contribution is 5.46. The van der Waals surface area contributed by atoms with Crippen LogP contribution in [-0.4, -0.2) is 36.3 Å². The van der Waals surface area contributed by atoms with Gasteiger partial charge in [-0.1, -0.05) is 0 Å². The summed E-state index contributed by atoms with van der Waals surface area (Å²) in [5, 5.41) is 6.47. The zero-order valence-electron chi connectivity index (χ0n) is 9.57. The Labute approximate surface area is 95.6 Å². The molecule has 5 nitrogen and oxygen atoms in total. The Kier molecular flexibility index (Phi) is 3.93. The van der Waals surface area contributed by atoms with E-state index >= 15 is 0 Å². The van der Waals surface area contributed by atoms with E-state index in [2.05, 4.69) is 20.6 Å². The lowest BCUT2D eigenvalue weighted by molar-refractivity contribution is 0.187. The maximum absolute atomic E-state index is 5.32. The van der Waals surface area contributed by atoms with Crippen LogP contribution in [0.4, 0.5) is 11.6 Å². The van der Waals surface area contributed by atoms with Crippen LogP contribution >= 0.6 is 0 Å². The maximum atomic E-state index is 5.32. The van der Waals surface area contributed by atoms with Crippen molar-refractivity contribution >= 4 is 11.6 Å². The Morgan fingerprint density at radius 1 is 1.38 bits per heavy atom. The molecule has 5 heteroatoms. The summed E-state index contributed by atoms with van der Waals surface area (Å²) in [7, 11) is 0. The van der Waals surface area contributed by atoms with Gasteiger partial charge in [-0.05, 0) is 13.3 Å². The number of nitrogens with one attached hydrogen (secondary N) is 2. The molecule has 0 spiro atoms. The smallest absolute Gasteiger partial charge is 0.131 e. The zero-order chi connectivity index (χ0) is 11.2. The summed E-state index contributed by atoms with van der Waals surface area (Å²) < 4.78 is 5.32. The average molecular weight is 222 g/mol. The first-order valence-corrected chi connectivity index (χ1v) is 5.76. The lowest BCUT2D eigenvalue weighted by atomic mass is 10.1. The molecule has 0 bridgehead atoms. The third-order valence-corrected chi connectivity index (χ3v) is 2.62. The van der Waals surface area contributed by atoms with Gasteiger partial charge in [-0.3, -0.25) is 0 Å². The highest BCUT2D eigenvalue weighted by atomic mass is 16.5. The van der Waals surface area contributed by atoms with Gasteiger partial charge in [0, 0.05) is 31.7 Å². The fourth-order valence-electron chi connectivity index (χ4n) is 1.73. The van der Waals surface area contributed by atoms with E-state index in [4.69, 9.17) is 4.74 Å². The monoisotopic (exact) mass is 222 g/mol. The van der Waals surface area contributed by atoms with Gasteiger partial charge in [0.15, 0.2) is 0 Å². The summed E-state index contributed by atoms with van der Waals surface area (Å²) >= 11 is 0. The number of anilines is 2. The molecule has 2 N–H and O–H groups in total. The first kappa shape index (κ1) is 11.1. The van der Waals surface area contributed by atoms with Gasteiger partial charge in [-0.25, -0.2) is 9.97 Å². The summed E-state index contributed by atoms with van der Waals surface area (Å²) in [6.45, 7) is 5.58. The van der Waals surface area contributed by atoms with E-state index in [0.29, 0.717) is 5.92 Å². The number of hydrogen-bond acceptors (Lipinski definition) is 5. The van der Waals surface area contributed by atoms with Crippen LogP contribution in [0.3, 0.4) is 0 Å². The molecule has 2 rings (SSSR count). The van der Waals surface area contributed by atoms with Crippen LogP contribution in [-0.2, 0) is 4.74 Å². The molecule has 1 unspecified atom stereocenters. The first-order chi connectivity index (χ1) is 7.88. The van der Waals surface area contributed by atoms with Crippen molar-refractivity contribution < 1.29 is 4.74 Å². The minimum absolute atomic E-state index is 0.609. The summed E-state index contributed by atoms with van der Waals surface area (Å²) in [4.78, 5) is 8.30. The van der Waals surface area contributed by atoms with Crippen LogP contribution in [0, 0.1) is 5.92 Å². The normalized spacial score (nSPS) is 19.7. The molecule has 0 radical (unpaired) electrons. The van der Waals surface area contributed by atoms with Gasteiger partial charge in [0.2, 0.25) is 0 Å². The molecular weight excluding hydrogens is 204 g/mol. The van der Waals surface area contributed by atoms with Gasteiger partial charge in [0.05, 0.1) is 6.61 Å². The van der Waals surface area contributed by atoms with Gasteiger partial charge in [0.1, 0.15) is 18.0 Å². The van der Waals surface area contributed by atoms with Crippen LogP contribution in [0.1, 0.15) is 13.3 Å². The largest absolute Gasteiger partial charge is 0.381 e. The highest BCUT2D eigenvalue weighted by Gasteiger charge is 2.15. The van der Waals surface area contributed by atoms with Crippen LogP contribution < -0.4 is 10.6 Å². The minimum Gasteiger partial charge on any atom is -0.381 e. The van der Waals surface area contributed by atoms with E-state index < -0.39 is 0 Å². The second-order valence-corrected chi connectivity index (χ2v) is 3.93. The average Bonchev–Trinajstić information content (AvgIpc) is 2.80. The van der Waals surface area contributed by atoms with E-state index in [-0.39, 0.29) is 0 Å². The summed E-state index contributed by atoms with van der Waals surface area (Å²) in [6, 6.07) is 1.93. The molecule has 16 heavy (non-hydrogen) atoms. The molecule has 1 aliphatic heterocycles. The predicted octanol–water partition coefficient (Wildman–Crippen LogP) is 1.36. The fraction of sp³-hybridized carbons (Fsp3) is 0.636. The number of aromatic nitrogens is 2. The lowest BCUT2D eigenvalue weighted by Gasteiger charge is -2.10. The van der Waals surface area contributed by atoms with Gasteiger partial charge in [-0.2, -0.15) is 0 Å². The Balaban J connectivity index is 1.85. The highest BCUT2D eigenvalue weighted by Crippen LogP contribution is 2.14. The topological polar surface area (TPSA) is 59.1 Å². The van der Waals surface area contributed by atoms with E-state index in [9.17, 15) is 0 Å². The Hall–Kier alpha value is -1.36. The van der Waals surface area contributed by atoms with Gasteiger partial charge in [0.25, 0.3) is 0 Å². The summed E-state index contributed by atoms with van der Waals surface area (Å²) in [5.41, 5.74) is 0.